The van der Waals surface area contributed by atoms with Gasteiger partial charge in [0.25, 0.3) is 0 Å². The normalized spacial score (nSPS) is 19.2. The number of terminal acetylenes is 1. The van der Waals surface area contributed by atoms with E-state index in [1.807, 2.05) is 6.07 Å². The zero-order valence-electron chi connectivity index (χ0n) is 8.42. The Morgan fingerprint density at radius 2 is 2.25 bits per heavy atom. The Morgan fingerprint density at radius 3 is 2.88 bits per heavy atom. The van der Waals surface area contributed by atoms with Crippen LogP contribution >= 0.6 is 0 Å². The van der Waals surface area contributed by atoms with Crippen molar-refractivity contribution in [3.05, 3.63) is 18.1 Å². The second-order valence-electron chi connectivity index (χ2n) is 3.41. The first-order valence-corrected chi connectivity index (χ1v) is 4.74. The lowest BCUT2D eigenvalue weighted by Crippen LogP contribution is -2.26. The number of nitrogens with zero attached hydrogens (tertiary/aromatic N) is 4. The fourth-order valence-corrected chi connectivity index (χ4v) is 1.63. The Bertz CT molecular complexity index is 511. The average Bonchev–Trinajstić information content (AvgIpc) is 2.70. The molecule has 1 aromatic heterocycles. The van der Waals surface area contributed by atoms with E-state index in [-0.39, 0.29) is 17.5 Å². The van der Waals surface area contributed by atoms with Crippen molar-refractivity contribution < 1.29 is 4.79 Å². The van der Waals surface area contributed by atoms with Gasteiger partial charge in [0.1, 0.15) is 6.07 Å². The van der Waals surface area contributed by atoms with E-state index in [1.54, 1.807) is 0 Å². The molecule has 0 N–H and O–H groups in total. The van der Waals surface area contributed by atoms with Gasteiger partial charge in [0.2, 0.25) is 5.91 Å². The summed E-state index contributed by atoms with van der Waals surface area (Å²) in [6.07, 6.45) is 8.45. The first-order valence-electron chi connectivity index (χ1n) is 4.74. The number of anilines is 1. The van der Waals surface area contributed by atoms with Gasteiger partial charge < -0.3 is 0 Å². The highest BCUT2D eigenvalue weighted by molar-refractivity contribution is 5.96. The summed E-state index contributed by atoms with van der Waals surface area (Å²) in [6.45, 7) is 0.405. The molecule has 0 radical (unpaired) electrons. The van der Waals surface area contributed by atoms with Crippen molar-refractivity contribution >= 4 is 11.7 Å². The molecule has 0 bridgehead atoms. The third-order valence-corrected chi connectivity index (χ3v) is 2.40. The zero-order chi connectivity index (χ0) is 11.5. The van der Waals surface area contributed by atoms with Gasteiger partial charge >= 0.3 is 0 Å². The fraction of sp³-hybridized carbons (Fsp3) is 0.273. The molecule has 1 fully saturated rings. The van der Waals surface area contributed by atoms with Crippen LogP contribution in [0.2, 0.25) is 0 Å². The Labute approximate surface area is 92.7 Å². The summed E-state index contributed by atoms with van der Waals surface area (Å²) < 4.78 is 0. The second-order valence-corrected chi connectivity index (χ2v) is 3.41. The molecule has 0 saturated carbocycles. The van der Waals surface area contributed by atoms with Crippen molar-refractivity contribution in [1.29, 1.82) is 5.26 Å². The van der Waals surface area contributed by atoms with Gasteiger partial charge in [-0.1, -0.05) is 0 Å². The van der Waals surface area contributed by atoms with E-state index >= 15 is 0 Å². The van der Waals surface area contributed by atoms with Crippen molar-refractivity contribution in [2.24, 2.45) is 5.92 Å². The first-order chi connectivity index (χ1) is 7.76. The summed E-state index contributed by atoms with van der Waals surface area (Å²) >= 11 is 0. The maximum Gasteiger partial charge on any atom is 0.229 e. The summed E-state index contributed by atoms with van der Waals surface area (Å²) in [5.74, 6) is 2.62. The van der Waals surface area contributed by atoms with E-state index < -0.39 is 0 Å². The minimum atomic E-state index is -0.111. The molecule has 5 nitrogen and oxygen atoms in total. The van der Waals surface area contributed by atoms with Gasteiger partial charge in [0.05, 0.1) is 0 Å². The Hall–Kier alpha value is -2.40. The maximum atomic E-state index is 11.7. The molecule has 0 aromatic carbocycles. The van der Waals surface area contributed by atoms with Crippen molar-refractivity contribution in [2.75, 3.05) is 11.4 Å². The minimum absolute atomic E-state index is 0.110. The van der Waals surface area contributed by atoms with E-state index in [0.29, 0.717) is 18.8 Å². The van der Waals surface area contributed by atoms with E-state index in [0.717, 1.165) is 0 Å². The van der Waals surface area contributed by atoms with Crippen LogP contribution in [-0.4, -0.2) is 22.4 Å². The molecular formula is C11H8N4O. The molecule has 1 aromatic rings. The molecule has 1 unspecified atom stereocenters. The molecule has 1 aliphatic rings. The molecule has 1 saturated heterocycles. The maximum absolute atomic E-state index is 11.7. The highest BCUT2D eigenvalue weighted by atomic mass is 16.2. The van der Waals surface area contributed by atoms with Crippen LogP contribution in [0, 0.1) is 29.6 Å². The summed E-state index contributed by atoms with van der Waals surface area (Å²) in [4.78, 5) is 21.0. The monoisotopic (exact) mass is 212 g/mol. The quantitative estimate of drug-likeness (QED) is 0.629. The third-order valence-electron chi connectivity index (χ3n) is 2.40. The summed E-state index contributed by atoms with van der Waals surface area (Å²) in [7, 11) is 0. The number of carbonyl (C=O) groups excluding carboxylic acids is 1. The molecule has 0 spiro atoms. The molecule has 1 amide bonds. The smallest absolute Gasteiger partial charge is 0.229 e. The van der Waals surface area contributed by atoms with Crippen LogP contribution in [-0.2, 0) is 4.79 Å². The standard InChI is InChI=1S/C11H8N4O/c1-2-8-5-10(16)15(7-8)11-9(6-12)13-3-4-14-11/h1,3-4,8H,5,7H2. The van der Waals surface area contributed by atoms with Crippen LogP contribution in [0.5, 0.6) is 0 Å². The topological polar surface area (TPSA) is 69.9 Å². The molecule has 1 aliphatic heterocycles. The zero-order valence-corrected chi connectivity index (χ0v) is 8.42. The molecule has 0 aliphatic carbocycles. The highest BCUT2D eigenvalue weighted by Crippen LogP contribution is 2.24. The van der Waals surface area contributed by atoms with Gasteiger partial charge in [0, 0.05) is 31.3 Å². The van der Waals surface area contributed by atoms with Crippen LogP contribution in [0.4, 0.5) is 5.82 Å². The van der Waals surface area contributed by atoms with E-state index in [4.69, 9.17) is 11.7 Å². The van der Waals surface area contributed by atoms with Gasteiger partial charge in [-0.15, -0.1) is 12.3 Å². The third kappa shape index (κ3) is 1.59. The number of nitriles is 1. The summed E-state index contributed by atoms with van der Waals surface area (Å²) in [5, 5.41) is 8.86. The van der Waals surface area contributed by atoms with Gasteiger partial charge in [-0.25, -0.2) is 9.97 Å². The number of amides is 1. The molecule has 2 rings (SSSR count). The van der Waals surface area contributed by atoms with Crippen LogP contribution in [0.1, 0.15) is 12.1 Å². The number of aromatic nitrogens is 2. The summed E-state index contributed by atoms with van der Waals surface area (Å²) in [6, 6.07) is 1.91. The molecule has 1 atom stereocenters. The molecule has 16 heavy (non-hydrogen) atoms. The van der Waals surface area contributed by atoms with Crippen LogP contribution in [0.3, 0.4) is 0 Å². The van der Waals surface area contributed by atoms with Crippen molar-refractivity contribution in [3.8, 4) is 18.4 Å². The van der Waals surface area contributed by atoms with E-state index in [1.165, 1.54) is 17.3 Å². The number of hydrogen-bond acceptors (Lipinski definition) is 4. The van der Waals surface area contributed by atoms with Crippen molar-refractivity contribution in [2.45, 2.75) is 6.42 Å². The van der Waals surface area contributed by atoms with Crippen LogP contribution in [0.25, 0.3) is 0 Å². The summed E-state index contributed by atoms with van der Waals surface area (Å²) in [5.41, 5.74) is 0.147. The van der Waals surface area contributed by atoms with Gasteiger partial charge in [-0.3, -0.25) is 9.69 Å². The minimum Gasteiger partial charge on any atom is -0.293 e. The largest absolute Gasteiger partial charge is 0.293 e. The SMILES string of the molecule is C#CC1CC(=O)N(c2nccnc2C#N)C1. The predicted molar refractivity (Wildman–Crippen MR) is 56.0 cm³/mol. The van der Waals surface area contributed by atoms with Crippen molar-refractivity contribution in [3.63, 3.8) is 0 Å². The first kappa shape index (κ1) is 10.1. The Balaban J connectivity index is 2.36. The van der Waals surface area contributed by atoms with Crippen LogP contribution in [0.15, 0.2) is 12.4 Å². The number of hydrogen-bond donors (Lipinski definition) is 0. The lowest BCUT2D eigenvalue weighted by atomic mass is 10.1. The van der Waals surface area contributed by atoms with E-state index in [2.05, 4.69) is 15.9 Å². The number of rotatable bonds is 1. The van der Waals surface area contributed by atoms with Gasteiger partial charge in [0.15, 0.2) is 11.5 Å². The van der Waals surface area contributed by atoms with Crippen LogP contribution < -0.4 is 4.90 Å². The lowest BCUT2D eigenvalue weighted by Gasteiger charge is -2.14. The highest BCUT2D eigenvalue weighted by Gasteiger charge is 2.31. The molecule has 78 valence electrons. The second kappa shape index (κ2) is 4.00. The number of carbonyl (C=O) groups is 1. The predicted octanol–water partition coefficient (Wildman–Crippen LogP) is 0.334. The Morgan fingerprint density at radius 1 is 1.50 bits per heavy atom. The Kier molecular flexibility index (Phi) is 2.53. The molecular weight excluding hydrogens is 204 g/mol. The van der Waals surface area contributed by atoms with E-state index in [9.17, 15) is 4.79 Å². The van der Waals surface area contributed by atoms with Crippen molar-refractivity contribution in [1.82, 2.24) is 9.97 Å². The molecule has 2 heterocycles. The van der Waals surface area contributed by atoms with Gasteiger partial charge in [-0.2, -0.15) is 5.26 Å². The lowest BCUT2D eigenvalue weighted by molar-refractivity contribution is -0.117. The van der Waals surface area contributed by atoms with Gasteiger partial charge in [-0.05, 0) is 0 Å². The fourth-order valence-electron chi connectivity index (χ4n) is 1.63. The average molecular weight is 212 g/mol. The molecule has 5 heteroatoms.